The Balaban J connectivity index is 1.49. The van der Waals surface area contributed by atoms with Crippen LogP contribution >= 0.6 is 23.2 Å². The van der Waals surface area contributed by atoms with Crippen molar-refractivity contribution in [2.45, 2.75) is 5.92 Å². The van der Waals surface area contributed by atoms with Crippen molar-refractivity contribution in [2.75, 3.05) is 11.9 Å². The Kier molecular flexibility index (Phi) is 5.43. The molecule has 4 rings (SSSR count). The molecule has 7 heteroatoms. The fourth-order valence-corrected chi connectivity index (χ4v) is 3.73. The third-order valence-corrected chi connectivity index (χ3v) is 4.84. The van der Waals surface area contributed by atoms with Gasteiger partial charge in [-0.25, -0.2) is 0 Å². The number of hydrogen-bond donors (Lipinski definition) is 1. The maximum Gasteiger partial charge on any atom is 0.318 e. The van der Waals surface area contributed by atoms with E-state index in [0.29, 0.717) is 38.4 Å². The van der Waals surface area contributed by atoms with E-state index in [9.17, 15) is 9.59 Å². The average molecular weight is 428 g/mol. The van der Waals surface area contributed by atoms with Crippen LogP contribution < -0.4 is 10.1 Å². The molecular weight excluding hydrogens is 413 g/mol. The second-order valence-corrected chi connectivity index (χ2v) is 7.30. The number of amides is 1. The van der Waals surface area contributed by atoms with E-state index in [1.807, 2.05) is 36.4 Å². The first-order chi connectivity index (χ1) is 14.0. The van der Waals surface area contributed by atoms with Crippen LogP contribution in [0.4, 0.5) is 5.69 Å². The van der Waals surface area contributed by atoms with Crippen LogP contribution in [-0.4, -0.2) is 18.5 Å². The molecule has 0 radical (unpaired) electrons. The van der Waals surface area contributed by atoms with Gasteiger partial charge in [-0.05, 0) is 30.3 Å². The van der Waals surface area contributed by atoms with Crippen molar-refractivity contribution in [1.29, 1.82) is 0 Å². The number of para-hydroxylation sites is 2. The summed E-state index contributed by atoms with van der Waals surface area (Å²) >= 11 is 11.9. The van der Waals surface area contributed by atoms with Crippen molar-refractivity contribution in [2.24, 2.45) is 0 Å². The highest BCUT2D eigenvalue weighted by atomic mass is 35.5. The van der Waals surface area contributed by atoms with Crippen LogP contribution in [0.5, 0.6) is 11.5 Å². The summed E-state index contributed by atoms with van der Waals surface area (Å²) in [5.41, 5.74) is 1.81. The highest BCUT2D eigenvalue weighted by Crippen LogP contribution is 2.44. The first-order valence-corrected chi connectivity index (χ1v) is 9.55. The smallest absolute Gasteiger partial charge is 0.318 e. The average Bonchev–Trinajstić information content (AvgIpc) is 2.69. The molecule has 5 nitrogen and oxygen atoms in total. The van der Waals surface area contributed by atoms with Crippen LogP contribution in [-0.2, 0) is 14.3 Å². The van der Waals surface area contributed by atoms with Crippen molar-refractivity contribution in [3.63, 3.8) is 0 Å². The minimum Gasteiger partial charge on any atom is -0.457 e. The van der Waals surface area contributed by atoms with Gasteiger partial charge in [0.05, 0.1) is 0 Å². The second-order valence-electron chi connectivity index (χ2n) is 6.42. The monoisotopic (exact) mass is 427 g/mol. The van der Waals surface area contributed by atoms with Crippen LogP contribution in [0, 0.1) is 0 Å². The molecule has 0 saturated carbocycles. The Labute approximate surface area is 177 Å². The predicted molar refractivity (Wildman–Crippen MR) is 111 cm³/mol. The molecule has 0 spiro atoms. The largest absolute Gasteiger partial charge is 0.457 e. The molecule has 1 heterocycles. The van der Waals surface area contributed by atoms with E-state index < -0.39 is 24.4 Å². The number of ether oxygens (including phenoxy) is 2. The van der Waals surface area contributed by atoms with Crippen LogP contribution in [0.25, 0.3) is 0 Å². The molecule has 1 N–H and O–H groups in total. The number of halogens is 2. The first kappa shape index (κ1) is 19.3. The fourth-order valence-electron chi connectivity index (χ4n) is 3.21. The summed E-state index contributed by atoms with van der Waals surface area (Å²) in [5, 5.41) is 3.39. The summed E-state index contributed by atoms with van der Waals surface area (Å²) < 4.78 is 11.2. The number of esters is 1. The molecule has 0 fully saturated rings. The van der Waals surface area contributed by atoms with Crippen LogP contribution in [0.3, 0.4) is 0 Å². The van der Waals surface area contributed by atoms with Gasteiger partial charge in [-0.15, -0.1) is 0 Å². The zero-order valence-electron chi connectivity index (χ0n) is 15.0. The van der Waals surface area contributed by atoms with Gasteiger partial charge >= 0.3 is 5.97 Å². The Hall–Kier alpha value is -3.02. The van der Waals surface area contributed by atoms with Gasteiger partial charge < -0.3 is 14.8 Å². The summed E-state index contributed by atoms with van der Waals surface area (Å²) in [6.07, 6.45) is 0. The molecule has 0 saturated heterocycles. The number of nitrogens with one attached hydrogen (secondary N) is 1. The summed E-state index contributed by atoms with van der Waals surface area (Å²) in [6, 6.07) is 19.2. The van der Waals surface area contributed by atoms with Gasteiger partial charge in [0.15, 0.2) is 6.61 Å². The molecule has 0 unspecified atom stereocenters. The Bertz CT molecular complexity index is 1030. The van der Waals surface area contributed by atoms with Crippen molar-refractivity contribution in [1.82, 2.24) is 0 Å². The number of rotatable bonds is 4. The van der Waals surface area contributed by atoms with E-state index in [-0.39, 0.29) is 0 Å². The summed E-state index contributed by atoms with van der Waals surface area (Å²) in [7, 11) is 0. The van der Waals surface area contributed by atoms with Gasteiger partial charge in [0.1, 0.15) is 17.4 Å². The van der Waals surface area contributed by atoms with Crippen molar-refractivity contribution in [3.05, 3.63) is 87.9 Å². The number of carbonyl (C=O) groups excluding carboxylic acids is 2. The maximum absolute atomic E-state index is 12.9. The topological polar surface area (TPSA) is 64.6 Å². The second kappa shape index (κ2) is 8.15. The number of fused-ring (bicyclic) bond motifs is 2. The van der Waals surface area contributed by atoms with E-state index in [4.69, 9.17) is 32.7 Å². The number of hydrogen-bond acceptors (Lipinski definition) is 4. The van der Waals surface area contributed by atoms with Crippen LogP contribution in [0.2, 0.25) is 10.0 Å². The lowest BCUT2D eigenvalue weighted by Crippen LogP contribution is -2.26. The first-order valence-electron chi connectivity index (χ1n) is 8.79. The number of benzene rings is 3. The molecular formula is C22H15Cl2NO4. The van der Waals surface area contributed by atoms with Gasteiger partial charge in [-0.2, -0.15) is 0 Å². The van der Waals surface area contributed by atoms with Gasteiger partial charge in [0.2, 0.25) is 0 Å². The predicted octanol–water partition coefficient (Wildman–Crippen LogP) is 5.41. The molecule has 0 bridgehead atoms. The molecule has 146 valence electrons. The molecule has 0 atom stereocenters. The number of anilines is 1. The Morgan fingerprint density at radius 1 is 0.897 bits per heavy atom. The van der Waals surface area contributed by atoms with Crippen LogP contribution in [0.15, 0.2) is 66.7 Å². The highest BCUT2D eigenvalue weighted by Gasteiger charge is 2.33. The fraction of sp³-hybridized carbons (Fsp3) is 0.0909. The third-order valence-electron chi connectivity index (χ3n) is 4.41. The zero-order valence-corrected chi connectivity index (χ0v) is 16.5. The van der Waals surface area contributed by atoms with E-state index in [1.54, 1.807) is 30.3 Å². The van der Waals surface area contributed by atoms with Gasteiger partial charge in [0.25, 0.3) is 5.91 Å². The van der Waals surface area contributed by atoms with Crippen molar-refractivity contribution >= 4 is 40.8 Å². The summed E-state index contributed by atoms with van der Waals surface area (Å²) in [5.74, 6) is -0.528. The minimum atomic E-state index is -0.676. The summed E-state index contributed by atoms with van der Waals surface area (Å²) in [4.78, 5) is 25.1. The van der Waals surface area contributed by atoms with E-state index >= 15 is 0 Å². The van der Waals surface area contributed by atoms with E-state index in [2.05, 4.69) is 5.32 Å². The standard InChI is InChI=1S/C22H15Cl2NO4/c23-13-9-14(24)11-15(10-13)25-20(26)12-28-22(27)21-16-5-1-3-7-18(16)29-19-8-4-2-6-17(19)21/h1-11,21H,12H2,(H,25,26). The normalized spacial score (nSPS) is 12.3. The zero-order chi connectivity index (χ0) is 20.4. The van der Waals surface area contributed by atoms with Gasteiger partial charge in [0, 0.05) is 26.9 Å². The Morgan fingerprint density at radius 2 is 1.45 bits per heavy atom. The van der Waals surface area contributed by atoms with Gasteiger partial charge in [-0.1, -0.05) is 59.6 Å². The van der Waals surface area contributed by atoms with Crippen molar-refractivity contribution < 1.29 is 19.1 Å². The number of carbonyl (C=O) groups is 2. The lowest BCUT2D eigenvalue weighted by Gasteiger charge is -2.26. The quantitative estimate of drug-likeness (QED) is 0.565. The lowest BCUT2D eigenvalue weighted by atomic mass is 9.88. The highest BCUT2D eigenvalue weighted by molar-refractivity contribution is 6.35. The van der Waals surface area contributed by atoms with Gasteiger partial charge in [-0.3, -0.25) is 9.59 Å². The SMILES string of the molecule is O=C(COC(=O)C1c2ccccc2Oc2ccccc21)Nc1cc(Cl)cc(Cl)c1. The molecule has 29 heavy (non-hydrogen) atoms. The molecule has 3 aromatic carbocycles. The van der Waals surface area contributed by atoms with E-state index in [0.717, 1.165) is 0 Å². The Morgan fingerprint density at radius 3 is 2.03 bits per heavy atom. The third kappa shape index (κ3) is 4.21. The molecule has 1 amide bonds. The molecule has 1 aliphatic heterocycles. The molecule has 1 aliphatic rings. The van der Waals surface area contributed by atoms with Crippen LogP contribution in [0.1, 0.15) is 17.0 Å². The molecule has 3 aromatic rings. The van der Waals surface area contributed by atoms with Crippen molar-refractivity contribution in [3.8, 4) is 11.5 Å². The molecule has 0 aromatic heterocycles. The van der Waals surface area contributed by atoms with E-state index in [1.165, 1.54) is 0 Å². The maximum atomic E-state index is 12.9. The molecule has 0 aliphatic carbocycles. The lowest BCUT2D eigenvalue weighted by molar-refractivity contribution is -0.148. The summed E-state index contributed by atoms with van der Waals surface area (Å²) in [6.45, 7) is -0.440. The minimum absolute atomic E-state index is 0.389.